The summed E-state index contributed by atoms with van der Waals surface area (Å²) in [7, 11) is 1.55. The fourth-order valence-corrected chi connectivity index (χ4v) is 3.74. The van der Waals surface area contributed by atoms with Gasteiger partial charge in [-0.2, -0.15) is 0 Å². The number of halogens is 1. The van der Waals surface area contributed by atoms with E-state index in [4.69, 9.17) is 4.42 Å². The highest BCUT2D eigenvalue weighted by Crippen LogP contribution is 2.36. The zero-order valence-electron chi connectivity index (χ0n) is 19.7. The van der Waals surface area contributed by atoms with E-state index in [1.807, 2.05) is 51.1 Å². The Bertz CT molecular complexity index is 1370. The lowest BCUT2D eigenvalue weighted by molar-refractivity contribution is 0.0910. The van der Waals surface area contributed by atoms with Crippen molar-refractivity contribution in [2.45, 2.75) is 32.7 Å². The summed E-state index contributed by atoms with van der Waals surface area (Å²) < 4.78 is 19.5. The van der Waals surface area contributed by atoms with Gasteiger partial charge in [0.05, 0.1) is 5.56 Å². The van der Waals surface area contributed by atoms with E-state index in [-0.39, 0.29) is 23.2 Å². The molecular weight excluding hydrogens is 431 g/mol. The van der Waals surface area contributed by atoms with E-state index in [0.29, 0.717) is 33.4 Å². The van der Waals surface area contributed by atoms with Gasteiger partial charge in [0.25, 0.3) is 11.8 Å². The van der Waals surface area contributed by atoms with Gasteiger partial charge in [0.15, 0.2) is 0 Å². The fourth-order valence-electron chi connectivity index (χ4n) is 3.74. The van der Waals surface area contributed by atoms with Gasteiger partial charge in [-0.15, -0.1) is 0 Å². The Morgan fingerprint density at radius 3 is 2.26 bits per heavy atom. The van der Waals surface area contributed by atoms with Crippen LogP contribution in [0.15, 0.2) is 71.1 Å². The molecule has 1 heterocycles. The summed E-state index contributed by atoms with van der Waals surface area (Å²) >= 11 is 0. The molecule has 0 unspecified atom stereocenters. The monoisotopic (exact) mass is 458 g/mol. The van der Waals surface area contributed by atoms with Crippen molar-refractivity contribution in [1.82, 2.24) is 10.6 Å². The predicted molar refractivity (Wildman–Crippen MR) is 132 cm³/mol. The maximum Gasteiger partial charge on any atom is 0.255 e. The van der Waals surface area contributed by atoms with Crippen molar-refractivity contribution in [2.75, 3.05) is 7.05 Å². The quantitative estimate of drug-likeness (QED) is 0.362. The predicted octanol–water partition coefficient (Wildman–Crippen LogP) is 6.18. The second-order valence-corrected chi connectivity index (χ2v) is 8.88. The first-order valence-electron chi connectivity index (χ1n) is 11.2. The highest BCUT2D eigenvalue weighted by molar-refractivity contribution is 6.11. The van der Waals surface area contributed by atoms with Gasteiger partial charge in [0.2, 0.25) is 0 Å². The van der Waals surface area contributed by atoms with Crippen molar-refractivity contribution < 1.29 is 18.4 Å². The highest BCUT2D eigenvalue weighted by atomic mass is 19.1. The second kappa shape index (κ2) is 9.14. The van der Waals surface area contributed by atoms with Crippen LogP contribution in [0.5, 0.6) is 0 Å². The first-order chi connectivity index (χ1) is 16.2. The van der Waals surface area contributed by atoms with Gasteiger partial charge in [-0.1, -0.05) is 25.1 Å². The van der Waals surface area contributed by atoms with Gasteiger partial charge in [0.1, 0.15) is 17.2 Å². The average molecular weight is 459 g/mol. The van der Waals surface area contributed by atoms with E-state index in [1.54, 1.807) is 31.3 Å². The van der Waals surface area contributed by atoms with Gasteiger partial charge in [-0.3, -0.25) is 9.59 Å². The molecule has 3 aromatic carbocycles. The lowest BCUT2D eigenvalue weighted by atomic mass is 9.98. The van der Waals surface area contributed by atoms with Crippen LogP contribution in [0.2, 0.25) is 0 Å². The van der Waals surface area contributed by atoms with Crippen molar-refractivity contribution in [1.29, 1.82) is 0 Å². The van der Waals surface area contributed by atoms with Crippen molar-refractivity contribution in [3.63, 3.8) is 0 Å². The molecule has 0 bridgehead atoms. The van der Waals surface area contributed by atoms with Crippen LogP contribution in [-0.2, 0) is 0 Å². The fraction of sp³-hybridized carbons (Fsp3) is 0.214. The first kappa shape index (κ1) is 23.2. The second-order valence-electron chi connectivity index (χ2n) is 8.88. The van der Waals surface area contributed by atoms with Gasteiger partial charge in [-0.25, -0.2) is 4.39 Å². The first-order valence-corrected chi connectivity index (χ1v) is 11.2. The van der Waals surface area contributed by atoms with Crippen LogP contribution >= 0.6 is 0 Å². The molecule has 0 aliphatic rings. The van der Waals surface area contributed by atoms with Gasteiger partial charge in [-0.05, 0) is 79.9 Å². The molecule has 4 aromatic rings. The molecule has 0 saturated heterocycles. The van der Waals surface area contributed by atoms with Gasteiger partial charge < -0.3 is 15.1 Å². The highest BCUT2D eigenvalue weighted by Gasteiger charge is 2.23. The van der Waals surface area contributed by atoms with E-state index >= 15 is 0 Å². The van der Waals surface area contributed by atoms with Gasteiger partial charge in [0, 0.05) is 29.1 Å². The van der Waals surface area contributed by atoms with Crippen LogP contribution in [0.25, 0.3) is 33.4 Å². The molecule has 5 nitrogen and oxygen atoms in total. The number of fused-ring (bicyclic) bond motifs is 1. The van der Waals surface area contributed by atoms with E-state index in [1.165, 1.54) is 12.1 Å². The zero-order valence-corrected chi connectivity index (χ0v) is 19.7. The summed E-state index contributed by atoms with van der Waals surface area (Å²) in [5.74, 6) is -0.427. The Hall–Kier alpha value is -3.93. The molecule has 6 heteroatoms. The normalized spacial score (nSPS) is 11.4. The van der Waals surface area contributed by atoms with Crippen LogP contribution in [0.3, 0.4) is 0 Å². The van der Waals surface area contributed by atoms with Crippen molar-refractivity contribution in [3.05, 3.63) is 83.7 Å². The van der Waals surface area contributed by atoms with E-state index in [9.17, 15) is 14.0 Å². The third-order valence-electron chi connectivity index (χ3n) is 6.04. The molecule has 34 heavy (non-hydrogen) atoms. The molecule has 0 fully saturated rings. The van der Waals surface area contributed by atoms with Crippen LogP contribution < -0.4 is 10.6 Å². The van der Waals surface area contributed by atoms with Crippen LogP contribution in [0.4, 0.5) is 4.39 Å². The van der Waals surface area contributed by atoms with Gasteiger partial charge >= 0.3 is 0 Å². The summed E-state index contributed by atoms with van der Waals surface area (Å²) in [5, 5.41) is 6.36. The smallest absolute Gasteiger partial charge is 0.255 e. The van der Waals surface area contributed by atoms with Crippen LogP contribution in [0.1, 0.15) is 47.9 Å². The molecule has 1 aromatic heterocycles. The molecule has 4 rings (SSSR count). The SMILES string of the molecule is CCC(C)(C)NC(=O)c1cccc(-c2ccc3oc(-c4ccc(F)cc4)c(C(=O)NC)c3c2)c1. The molecule has 0 aliphatic heterocycles. The summed E-state index contributed by atoms with van der Waals surface area (Å²) in [4.78, 5) is 25.6. The zero-order chi connectivity index (χ0) is 24.5. The third-order valence-corrected chi connectivity index (χ3v) is 6.04. The maximum absolute atomic E-state index is 13.4. The number of furan rings is 1. The Kier molecular flexibility index (Phi) is 6.24. The van der Waals surface area contributed by atoms with Crippen LogP contribution in [-0.4, -0.2) is 24.4 Å². The Morgan fingerprint density at radius 1 is 0.912 bits per heavy atom. The molecule has 0 spiro atoms. The molecular formula is C28H27FN2O3. The number of rotatable bonds is 6. The Labute approximate surface area is 198 Å². The molecule has 2 amide bonds. The number of nitrogens with one attached hydrogen (secondary N) is 2. The standard InChI is InChI=1S/C28H27FN2O3/c1-5-28(2,3)31-26(32)20-8-6-7-18(15-20)19-11-14-23-22(16-19)24(27(33)30-4)25(34-23)17-9-12-21(29)13-10-17/h6-16H,5H2,1-4H3,(H,30,33)(H,31,32). The van der Waals surface area contributed by atoms with Crippen LogP contribution in [0, 0.1) is 5.82 Å². The minimum atomic E-state index is -0.366. The lowest BCUT2D eigenvalue weighted by Gasteiger charge is -2.24. The summed E-state index contributed by atoms with van der Waals surface area (Å²) in [6.45, 7) is 6.00. The lowest BCUT2D eigenvalue weighted by Crippen LogP contribution is -2.42. The van der Waals surface area contributed by atoms with Crippen molar-refractivity contribution in [2.24, 2.45) is 0 Å². The summed E-state index contributed by atoms with van der Waals surface area (Å²) in [6, 6.07) is 18.8. The van der Waals surface area contributed by atoms with E-state index in [2.05, 4.69) is 10.6 Å². The number of hydrogen-bond donors (Lipinski definition) is 2. The summed E-state index contributed by atoms with van der Waals surface area (Å²) in [5.41, 5.74) is 3.47. The third kappa shape index (κ3) is 4.57. The van der Waals surface area contributed by atoms with Crippen molar-refractivity contribution >= 4 is 22.8 Å². The molecule has 0 saturated carbocycles. The van der Waals surface area contributed by atoms with E-state index in [0.717, 1.165) is 17.5 Å². The maximum atomic E-state index is 13.4. The number of amides is 2. The number of hydrogen-bond acceptors (Lipinski definition) is 3. The molecule has 0 radical (unpaired) electrons. The number of benzene rings is 3. The number of carbonyl (C=O) groups excluding carboxylic acids is 2. The minimum Gasteiger partial charge on any atom is -0.455 e. The largest absolute Gasteiger partial charge is 0.455 e. The molecule has 2 N–H and O–H groups in total. The molecule has 0 aliphatic carbocycles. The molecule has 174 valence electrons. The minimum absolute atomic E-state index is 0.136. The average Bonchev–Trinajstić information content (AvgIpc) is 3.22. The van der Waals surface area contributed by atoms with E-state index < -0.39 is 0 Å². The van der Waals surface area contributed by atoms with Crippen molar-refractivity contribution in [3.8, 4) is 22.5 Å². The Balaban J connectivity index is 1.79. The topological polar surface area (TPSA) is 71.3 Å². The number of carbonyl (C=O) groups is 2. The summed E-state index contributed by atoms with van der Waals surface area (Å²) in [6.07, 6.45) is 0.814. The molecule has 0 atom stereocenters. The Morgan fingerprint density at radius 2 is 1.59 bits per heavy atom.